The van der Waals surface area contributed by atoms with E-state index in [0.717, 1.165) is 0 Å². The lowest BCUT2D eigenvalue weighted by atomic mass is 9.99. The molecule has 1 aromatic rings. The van der Waals surface area contributed by atoms with E-state index in [0.29, 0.717) is 17.2 Å². The Morgan fingerprint density at radius 3 is 2.81 bits per heavy atom. The fourth-order valence-electron chi connectivity index (χ4n) is 1.39. The molecular weight excluding hydrogens is 228 g/mol. The third-order valence-corrected chi connectivity index (χ3v) is 2.47. The van der Waals surface area contributed by atoms with E-state index in [4.69, 9.17) is 21.9 Å². The number of rotatable bonds is 5. The number of halogens is 1. The Morgan fingerprint density at radius 2 is 2.25 bits per heavy atom. The first-order chi connectivity index (χ1) is 7.70. The summed E-state index contributed by atoms with van der Waals surface area (Å²) in [6.07, 6.45) is 0. The summed E-state index contributed by atoms with van der Waals surface area (Å²) in [7, 11) is 0. The van der Waals surface area contributed by atoms with Crippen molar-refractivity contribution >= 4 is 17.6 Å². The molecule has 0 aliphatic carbocycles. The van der Waals surface area contributed by atoms with E-state index in [1.54, 1.807) is 31.2 Å². The summed E-state index contributed by atoms with van der Waals surface area (Å²) in [4.78, 5) is 11.7. The second-order valence-electron chi connectivity index (χ2n) is 3.17. The van der Waals surface area contributed by atoms with Gasteiger partial charge in [-0.3, -0.25) is 4.79 Å². The smallest absolute Gasteiger partial charge is 0.315 e. The van der Waals surface area contributed by atoms with Crippen molar-refractivity contribution in [3.63, 3.8) is 0 Å². The average molecular weight is 241 g/mol. The van der Waals surface area contributed by atoms with E-state index in [1.165, 1.54) is 0 Å². The van der Waals surface area contributed by atoms with E-state index < -0.39 is 11.9 Å². The minimum absolute atomic E-state index is 0.0581. The van der Waals surface area contributed by atoms with Crippen molar-refractivity contribution in [1.29, 1.82) is 5.53 Å². The second-order valence-corrected chi connectivity index (χ2v) is 3.57. The topological polar surface area (TPSA) is 62.5 Å². The highest BCUT2D eigenvalue weighted by Crippen LogP contribution is 2.25. The molecule has 5 heteroatoms. The van der Waals surface area contributed by atoms with Crippen molar-refractivity contribution in [2.45, 2.75) is 12.8 Å². The maximum Gasteiger partial charge on any atom is 0.315 e. The Hall–Kier alpha value is -1.42. The minimum Gasteiger partial charge on any atom is -0.465 e. The van der Waals surface area contributed by atoms with Crippen LogP contribution in [-0.2, 0) is 9.53 Å². The number of nitrogens with zero attached hydrogens (tertiary/aromatic N) is 1. The van der Waals surface area contributed by atoms with Gasteiger partial charge in [0, 0.05) is 5.02 Å². The fourth-order valence-corrected chi connectivity index (χ4v) is 1.66. The summed E-state index contributed by atoms with van der Waals surface area (Å²) in [6, 6.07) is 7.02. The van der Waals surface area contributed by atoms with Gasteiger partial charge in [-0.1, -0.05) is 29.8 Å². The number of carbonyl (C=O) groups excluding carboxylic acids is 1. The molecule has 1 rings (SSSR count). The first-order valence-corrected chi connectivity index (χ1v) is 5.32. The lowest BCUT2D eigenvalue weighted by Crippen LogP contribution is -2.18. The van der Waals surface area contributed by atoms with Crippen LogP contribution in [0.4, 0.5) is 0 Å². The average Bonchev–Trinajstić information content (AvgIpc) is 2.27. The fraction of sp³-hybridized carbons (Fsp3) is 0.364. The van der Waals surface area contributed by atoms with Gasteiger partial charge in [0.2, 0.25) is 0 Å². The SMILES string of the molecule is CCOC(=O)C(CN=N)c1ccccc1Cl. The van der Waals surface area contributed by atoms with Crippen LogP contribution in [0, 0.1) is 5.53 Å². The molecule has 1 aromatic carbocycles. The molecular formula is C11H13ClN2O2. The lowest BCUT2D eigenvalue weighted by molar-refractivity contribution is -0.144. The summed E-state index contributed by atoms with van der Waals surface area (Å²) in [5.74, 6) is -0.988. The molecule has 0 heterocycles. The second kappa shape index (κ2) is 6.23. The van der Waals surface area contributed by atoms with Crippen LogP contribution in [0.3, 0.4) is 0 Å². The van der Waals surface area contributed by atoms with Gasteiger partial charge in [0.25, 0.3) is 0 Å². The predicted molar refractivity (Wildman–Crippen MR) is 60.8 cm³/mol. The molecule has 1 unspecified atom stereocenters. The number of nitrogens with one attached hydrogen (secondary N) is 1. The minimum atomic E-state index is -0.592. The number of hydrogen-bond acceptors (Lipinski definition) is 4. The van der Waals surface area contributed by atoms with Crippen LogP contribution < -0.4 is 0 Å². The van der Waals surface area contributed by atoms with Gasteiger partial charge in [-0.05, 0) is 18.6 Å². The predicted octanol–water partition coefficient (Wildman–Crippen LogP) is 3.02. The van der Waals surface area contributed by atoms with E-state index in [2.05, 4.69) is 5.11 Å². The molecule has 0 aromatic heterocycles. The summed E-state index contributed by atoms with van der Waals surface area (Å²) in [6.45, 7) is 2.10. The van der Waals surface area contributed by atoms with Crippen LogP contribution in [0.15, 0.2) is 29.4 Å². The summed E-state index contributed by atoms with van der Waals surface area (Å²) in [5, 5.41) is 3.74. The van der Waals surface area contributed by atoms with Gasteiger partial charge in [0.1, 0.15) is 5.92 Å². The standard InChI is InChI=1S/C11H13ClN2O2/c1-2-16-11(15)9(7-14-13)8-5-3-4-6-10(8)12/h3-6,9,13H,2,7H2,1H3. The highest BCUT2D eigenvalue weighted by Gasteiger charge is 2.23. The number of hydrogen-bond donors (Lipinski definition) is 1. The zero-order chi connectivity index (χ0) is 12.0. The maximum atomic E-state index is 11.7. The molecule has 0 fully saturated rings. The molecule has 0 saturated heterocycles. The summed E-state index contributed by atoms with van der Waals surface area (Å²) >= 11 is 5.99. The number of benzene rings is 1. The van der Waals surface area contributed by atoms with Gasteiger partial charge in [0.05, 0.1) is 13.2 Å². The molecule has 16 heavy (non-hydrogen) atoms. The monoisotopic (exact) mass is 240 g/mol. The van der Waals surface area contributed by atoms with Crippen molar-refractivity contribution in [3.8, 4) is 0 Å². The Kier molecular flexibility index (Phi) is 4.92. The molecule has 0 spiro atoms. The van der Waals surface area contributed by atoms with Crippen LogP contribution in [0.25, 0.3) is 0 Å². The molecule has 1 N–H and O–H groups in total. The first-order valence-electron chi connectivity index (χ1n) is 4.95. The van der Waals surface area contributed by atoms with Crippen LogP contribution in [0.2, 0.25) is 5.02 Å². The Labute approximate surface area is 99.1 Å². The Bertz CT molecular complexity index is 382. The zero-order valence-electron chi connectivity index (χ0n) is 8.94. The maximum absolute atomic E-state index is 11.7. The Morgan fingerprint density at radius 1 is 1.56 bits per heavy atom. The van der Waals surface area contributed by atoms with E-state index in [-0.39, 0.29) is 6.54 Å². The largest absolute Gasteiger partial charge is 0.465 e. The van der Waals surface area contributed by atoms with Crippen molar-refractivity contribution in [1.82, 2.24) is 0 Å². The van der Waals surface area contributed by atoms with Gasteiger partial charge in [0.15, 0.2) is 0 Å². The van der Waals surface area contributed by atoms with Gasteiger partial charge >= 0.3 is 5.97 Å². The van der Waals surface area contributed by atoms with E-state index in [1.807, 2.05) is 0 Å². The molecule has 0 aliphatic heterocycles. The highest BCUT2D eigenvalue weighted by molar-refractivity contribution is 6.31. The molecule has 1 atom stereocenters. The molecule has 0 aliphatic rings. The third-order valence-electron chi connectivity index (χ3n) is 2.13. The summed E-state index contributed by atoms with van der Waals surface area (Å²) in [5.41, 5.74) is 7.50. The molecule has 0 saturated carbocycles. The van der Waals surface area contributed by atoms with Gasteiger partial charge in [-0.15, -0.1) is 0 Å². The quantitative estimate of drug-likeness (QED) is 0.635. The van der Waals surface area contributed by atoms with E-state index >= 15 is 0 Å². The Balaban J connectivity index is 2.97. The van der Waals surface area contributed by atoms with Crippen LogP contribution in [0.1, 0.15) is 18.4 Å². The van der Waals surface area contributed by atoms with Crippen molar-refractivity contribution in [3.05, 3.63) is 34.9 Å². The lowest BCUT2D eigenvalue weighted by Gasteiger charge is -2.14. The van der Waals surface area contributed by atoms with Crippen LogP contribution in [0.5, 0.6) is 0 Å². The third kappa shape index (κ3) is 3.03. The molecule has 0 radical (unpaired) electrons. The van der Waals surface area contributed by atoms with Crippen molar-refractivity contribution in [2.75, 3.05) is 13.2 Å². The highest BCUT2D eigenvalue weighted by atomic mass is 35.5. The summed E-state index contributed by atoms with van der Waals surface area (Å²) < 4.78 is 4.93. The van der Waals surface area contributed by atoms with Crippen molar-refractivity contribution in [2.24, 2.45) is 5.11 Å². The first kappa shape index (κ1) is 12.6. The van der Waals surface area contributed by atoms with Crippen LogP contribution in [-0.4, -0.2) is 19.1 Å². The number of esters is 1. The van der Waals surface area contributed by atoms with Crippen molar-refractivity contribution < 1.29 is 9.53 Å². The van der Waals surface area contributed by atoms with Gasteiger partial charge in [-0.25, -0.2) is 5.53 Å². The molecule has 0 bridgehead atoms. The van der Waals surface area contributed by atoms with E-state index in [9.17, 15) is 4.79 Å². The molecule has 0 amide bonds. The molecule has 4 nitrogen and oxygen atoms in total. The zero-order valence-corrected chi connectivity index (χ0v) is 9.70. The number of ether oxygens (including phenoxy) is 1. The molecule has 86 valence electrons. The van der Waals surface area contributed by atoms with Gasteiger partial charge in [-0.2, -0.15) is 5.11 Å². The number of carbonyl (C=O) groups is 1. The normalized spacial score (nSPS) is 11.9. The van der Waals surface area contributed by atoms with Gasteiger partial charge < -0.3 is 4.74 Å². The van der Waals surface area contributed by atoms with Crippen LogP contribution >= 0.6 is 11.6 Å².